The number of hydrogen-bond donors (Lipinski definition) is 1. The minimum Gasteiger partial charge on any atom is -0.497 e. The maximum absolute atomic E-state index is 12.6. The van der Waals surface area contributed by atoms with Crippen molar-refractivity contribution in [1.82, 2.24) is 10.2 Å². The predicted molar refractivity (Wildman–Crippen MR) is 99.5 cm³/mol. The van der Waals surface area contributed by atoms with Crippen LogP contribution in [0.4, 0.5) is 0 Å². The van der Waals surface area contributed by atoms with Crippen LogP contribution < -0.4 is 14.8 Å². The van der Waals surface area contributed by atoms with E-state index in [9.17, 15) is 14.4 Å². The fourth-order valence-electron chi connectivity index (χ4n) is 2.39. The van der Waals surface area contributed by atoms with Crippen LogP contribution >= 0.6 is 0 Å². The Morgan fingerprint density at radius 2 is 1.89 bits per heavy atom. The summed E-state index contributed by atoms with van der Waals surface area (Å²) >= 11 is 0. The molecule has 0 saturated carbocycles. The summed E-state index contributed by atoms with van der Waals surface area (Å²) in [6, 6.07) is 6.96. The van der Waals surface area contributed by atoms with Gasteiger partial charge in [0.25, 0.3) is 5.91 Å². The molecule has 1 aromatic rings. The first-order chi connectivity index (χ1) is 12.9. The molecule has 1 rings (SSSR count). The summed E-state index contributed by atoms with van der Waals surface area (Å²) in [6.07, 6.45) is 0.568. The Labute approximate surface area is 159 Å². The second kappa shape index (κ2) is 11.8. The highest BCUT2D eigenvalue weighted by molar-refractivity contribution is 5.79. The maximum atomic E-state index is 12.6. The minimum atomic E-state index is -0.462. The van der Waals surface area contributed by atoms with E-state index in [1.165, 1.54) is 14.0 Å². The number of nitrogens with zero attached hydrogens (tertiary/aromatic N) is 1. The van der Waals surface area contributed by atoms with Crippen molar-refractivity contribution in [2.24, 2.45) is 5.92 Å². The summed E-state index contributed by atoms with van der Waals surface area (Å²) in [4.78, 5) is 36.8. The summed E-state index contributed by atoms with van der Waals surface area (Å²) in [5.74, 6) is -0.0817. The van der Waals surface area contributed by atoms with Gasteiger partial charge in [0.2, 0.25) is 5.91 Å². The summed E-state index contributed by atoms with van der Waals surface area (Å²) in [7, 11) is 2.86. The largest absolute Gasteiger partial charge is 0.497 e. The first-order valence-electron chi connectivity index (χ1n) is 8.74. The monoisotopic (exact) mass is 380 g/mol. The molecule has 0 radical (unpaired) electrons. The van der Waals surface area contributed by atoms with Crippen LogP contribution in [0.25, 0.3) is 0 Å². The van der Waals surface area contributed by atoms with Gasteiger partial charge >= 0.3 is 5.97 Å². The molecule has 0 bridgehead atoms. The summed E-state index contributed by atoms with van der Waals surface area (Å²) in [6.45, 7) is 4.02. The number of ether oxygens (including phenoxy) is 3. The van der Waals surface area contributed by atoms with Crippen LogP contribution in [0.1, 0.15) is 20.3 Å². The van der Waals surface area contributed by atoms with Crippen LogP contribution in [0.5, 0.6) is 11.5 Å². The summed E-state index contributed by atoms with van der Waals surface area (Å²) in [5, 5.41) is 2.68. The predicted octanol–water partition coefficient (Wildman–Crippen LogP) is 1.24. The number of benzene rings is 1. The molecular weight excluding hydrogens is 352 g/mol. The number of rotatable bonds is 11. The molecule has 0 fully saturated rings. The molecular formula is C19H28N2O6. The molecule has 0 spiro atoms. The average Bonchev–Trinajstić information content (AvgIpc) is 2.67. The highest BCUT2D eigenvalue weighted by atomic mass is 16.5. The Bertz CT molecular complexity index is 634. The zero-order valence-corrected chi connectivity index (χ0v) is 16.3. The maximum Gasteiger partial charge on any atom is 0.310 e. The quantitative estimate of drug-likeness (QED) is 0.458. The molecule has 150 valence electrons. The van der Waals surface area contributed by atoms with Crippen LogP contribution in [-0.2, 0) is 19.1 Å². The Balaban J connectivity index is 2.65. The molecule has 8 nitrogen and oxygen atoms in total. The molecule has 8 heteroatoms. The summed E-state index contributed by atoms with van der Waals surface area (Å²) in [5.41, 5.74) is 0. The molecule has 0 aliphatic carbocycles. The Kier molecular flexibility index (Phi) is 9.71. The number of carbonyl (C=O) groups excluding carboxylic acids is 3. The zero-order valence-electron chi connectivity index (χ0n) is 16.3. The van der Waals surface area contributed by atoms with E-state index in [1.54, 1.807) is 43.2 Å². The van der Waals surface area contributed by atoms with Gasteiger partial charge in [-0.1, -0.05) is 13.0 Å². The van der Waals surface area contributed by atoms with Gasteiger partial charge in [0, 0.05) is 32.6 Å². The Morgan fingerprint density at radius 3 is 2.52 bits per heavy atom. The van der Waals surface area contributed by atoms with Gasteiger partial charge in [-0.3, -0.25) is 14.4 Å². The van der Waals surface area contributed by atoms with Gasteiger partial charge in [-0.25, -0.2) is 0 Å². The van der Waals surface area contributed by atoms with Crippen molar-refractivity contribution in [3.8, 4) is 11.5 Å². The molecule has 0 aliphatic heterocycles. The molecule has 0 aromatic heterocycles. The standard InChI is InChI=1S/C19H28N2O6/c1-14(19(24)26-4)12-21(10-6-9-20-15(2)22)18(23)13-27-17-8-5-7-16(11-17)25-3/h5,7-8,11,14H,6,9-10,12-13H2,1-4H3,(H,20,22). The first kappa shape index (κ1) is 22.3. The molecule has 1 N–H and O–H groups in total. The number of hydrogen-bond acceptors (Lipinski definition) is 6. The number of esters is 1. The third-order valence-electron chi connectivity index (χ3n) is 3.83. The van der Waals surface area contributed by atoms with Crippen molar-refractivity contribution in [3.63, 3.8) is 0 Å². The summed E-state index contributed by atoms with van der Waals surface area (Å²) < 4.78 is 15.4. The lowest BCUT2D eigenvalue weighted by Crippen LogP contribution is -2.41. The Hall–Kier alpha value is -2.77. The van der Waals surface area contributed by atoms with E-state index in [4.69, 9.17) is 14.2 Å². The van der Waals surface area contributed by atoms with Gasteiger partial charge in [-0.2, -0.15) is 0 Å². The number of amides is 2. The molecule has 1 unspecified atom stereocenters. The average molecular weight is 380 g/mol. The molecule has 0 aliphatic rings. The van der Waals surface area contributed by atoms with Crippen molar-refractivity contribution in [1.29, 1.82) is 0 Å². The van der Waals surface area contributed by atoms with Crippen LogP contribution in [-0.4, -0.2) is 63.1 Å². The van der Waals surface area contributed by atoms with Crippen molar-refractivity contribution in [2.75, 3.05) is 40.5 Å². The zero-order chi connectivity index (χ0) is 20.2. The molecule has 27 heavy (non-hydrogen) atoms. The van der Waals surface area contributed by atoms with E-state index in [0.29, 0.717) is 31.0 Å². The van der Waals surface area contributed by atoms with E-state index in [2.05, 4.69) is 5.32 Å². The SMILES string of the molecule is COC(=O)C(C)CN(CCCNC(C)=O)C(=O)COc1cccc(OC)c1. The van der Waals surface area contributed by atoms with Crippen molar-refractivity contribution >= 4 is 17.8 Å². The lowest BCUT2D eigenvalue weighted by atomic mass is 10.1. The fraction of sp³-hybridized carbons (Fsp3) is 0.526. The van der Waals surface area contributed by atoms with E-state index in [0.717, 1.165) is 0 Å². The lowest BCUT2D eigenvalue weighted by molar-refractivity contribution is -0.146. The second-order valence-electron chi connectivity index (χ2n) is 6.07. The second-order valence-corrected chi connectivity index (χ2v) is 6.07. The van der Waals surface area contributed by atoms with Gasteiger partial charge in [0.15, 0.2) is 6.61 Å². The van der Waals surface area contributed by atoms with Crippen molar-refractivity contribution in [3.05, 3.63) is 24.3 Å². The Morgan fingerprint density at radius 1 is 1.19 bits per heavy atom. The smallest absolute Gasteiger partial charge is 0.310 e. The molecule has 2 amide bonds. The van der Waals surface area contributed by atoms with Gasteiger partial charge < -0.3 is 24.4 Å². The van der Waals surface area contributed by atoms with E-state index in [-0.39, 0.29) is 30.9 Å². The van der Waals surface area contributed by atoms with Gasteiger partial charge in [-0.05, 0) is 18.6 Å². The van der Waals surface area contributed by atoms with E-state index in [1.807, 2.05) is 0 Å². The third-order valence-corrected chi connectivity index (χ3v) is 3.83. The molecule has 1 aromatic carbocycles. The van der Waals surface area contributed by atoms with Crippen LogP contribution in [0.2, 0.25) is 0 Å². The fourth-order valence-corrected chi connectivity index (χ4v) is 2.39. The van der Waals surface area contributed by atoms with Crippen LogP contribution in [0, 0.1) is 5.92 Å². The number of methoxy groups -OCH3 is 2. The molecule has 0 heterocycles. The topological polar surface area (TPSA) is 94.2 Å². The molecule has 0 saturated heterocycles. The highest BCUT2D eigenvalue weighted by Crippen LogP contribution is 2.18. The van der Waals surface area contributed by atoms with Crippen molar-refractivity contribution in [2.45, 2.75) is 20.3 Å². The highest BCUT2D eigenvalue weighted by Gasteiger charge is 2.21. The third kappa shape index (κ3) is 8.44. The first-order valence-corrected chi connectivity index (χ1v) is 8.74. The van der Waals surface area contributed by atoms with Gasteiger partial charge in [0.1, 0.15) is 11.5 Å². The lowest BCUT2D eigenvalue weighted by Gasteiger charge is -2.25. The van der Waals surface area contributed by atoms with Crippen LogP contribution in [0.3, 0.4) is 0 Å². The van der Waals surface area contributed by atoms with Crippen LogP contribution in [0.15, 0.2) is 24.3 Å². The minimum absolute atomic E-state index is 0.128. The van der Waals surface area contributed by atoms with E-state index >= 15 is 0 Å². The van der Waals surface area contributed by atoms with Gasteiger partial charge in [0.05, 0.1) is 20.1 Å². The molecule has 1 atom stereocenters. The van der Waals surface area contributed by atoms with E-state index < -0.39 is 5.92 Å². The van der Waals surface area contributed by atoms with Crippen molar-refractivity contribution < 1.29 is 28.6 Å². The number of nitrogens with one attached hydrogen (secondary N) is 1. The number of carbonyl (C=O) groups is 3. The normalized spacial score (nSPS) is 11.3. The van der Waals surface area contributed by atoms with Gasteiger partial charge in [-0.15, -0.1) is 0 Å².